The van der Waals surface area contributed by atoms with E-state index in [0.29, 0.717) is 10.2 Å². The van der Waals surface area contributed by atoms with E-state index in [0.717, 1.165) is 11.1 Å². The van der Waals surface area contributed by atoms with E-state index < -0.39 is 0 Å². The van der Waals surface area contributed by atoms with Crippen LogP contribution in [0.25, 0.3) is 0 Å². The third-order valence-electron chi connectivity index (χ3n) is 1.47. The maximum absolute atomic E-state index is 5.79. The summed E-state index contributed by atoms with van der Waals surface area (Å²) in [5.41, 5.74) is 2.07. The average Bonchev–Trinajstić information content (AvgIpc) is 1.93. The van der Waals surface area contributed by atoms with Crippen LogP contribution in [0.5, 0.6) is 0 Å². The SMILES string of the molecule is Cc1cnc(Cl)c(Cl)c1C. The molecular weight excluding hydrogens is 169 g/mol. The van der Waals surface area contributed by atoms with E-state index in [1.165, 1.54) is 0 Å². The second-order valence-electron chi connectivity index (χ2n) is 2.17. The first-order chi connectivity index (χ1) is 4.63. The normalized spacial score (nSPS) is 10.0. The van der Waals surface area contributed by atoms with Crippen molar-refractivity contribution < 1.29 is 0 Å². The monoisotopic (exact) mass is 175 g/mol. The highest BCUT2D eigenvalue weighted by Gasteiger charge is 2.03. The Kier molecular flexibility index (Phi) is 2.17. The van der Waals surface area contributed by atoms with Crippen LogP contribution in [0.15, 0.2) is 6.20 Å². The van der Waals surface area contributed by atoms with Gasteiger partial charge in [-0.05, 0) is 25.0 Å². The first-order valence-electron chi connectivity index (χ1n) is 2.90. The molecule has 1 aromatic heterocycles. The van der Waals surface area contributed by atoms with Gasteiger partial charge < -0.3 is 0 Å². The zero-order valence-electron chi connectivity index (χ0n) is 5.78. The van der Waals surface area contributed by atoms with Crippen molar-refractivity contribution in [1.29, 1.82) is 0 Å². The summed E-state index contributed by atoms with van der Waals surface area (Å²) in [5.74, 6) is 0. The molecule has 0 aliphatic carbocycles. The molecule has 0 N–H and O–H groups in total. The molecule has 3 heteroatoms. The summed E-state index contributed by atoms with van der Waals surface area (Å²) in [7, 11) is 0. The van der Waals surface area contributed by atoms with Crippen molar-refractivity contribution >= 4 is 23.2 Å². The van der Waals surface area contributed by atoms with Crippen molar-refractivity contribution in [2.45, 2.75) is 13.8 Å². The summed E-state index contributed by atoms with van der Waals surface area (Å²) < 4.78 is 0. The van der Waals surface area contributed by atoms with E-state index in [-0.39, 0.29) is 0 Å². The van der Waals surface area contributed by atoms with Crippen LogP contribution in [0.2, 0.25) is 10.2 Å². The van der Waals surface area contributed by atoms with Crippen LogP contribution >= 0.6 is 23.2 Å². The van der Waals surface area contributed by atoms with E-state index in [1.807, 2.05) is 13.8 Å². The van der Waals surface area contributed by atoms with E-state index in [4.69, 9.17) is 23.2 Å². The van der Waals surface area contributed by atoms with Gasteiger partial charge in [0, 0.05) is 6.20 Å². The number of hydrogen-bond acceptors (Lipinski definition) is 1. The lowest BCUT2D eigenvalue weighted by Crippen LogP contribution is -1.85. The van der Waals surface area contributed by atoms with Crippen LogP contribution in [0.3, 0.4) is 0 Å². The maximum Gasteiger partial charge on any atom is 0.147 e. The van der Waals surface area contributed by atoms with E-state index >= 15 is 0 Å². The largest absolute Gasteiger partial charge is 0.243 e. The predicted octanol–water partition coefficient (Wildman–Crippen LogP) is 3.01. The summed E-state index contributed by atoms with van der Waals surface area (Å²) in [4.78, 5) is 3.87. The van der Waals surface area contributed by atoms with Gasteiger partial charge in [0.25, 0.3) is 0 Å². The Balaban J connectivity index is 3.34. The molecule has 0 radical (unpaired) electrons. The minimum absolute atomic E-state index is 0.379. The van der Waals surface area contributed by atoms with Crippen LogP contribution < -0.4 is 0 Å². The second kappa shape index (κ2) is 2.77. The van der Waals surface area contributed by atoms with E-state index in [2.05, 4.69) is 4.98 Å². The lowest BCUT2D eigenvalue weighted by Gasteiger charge is -2.01. The summed E-state index contributed by atoms with van der Waals surface area (Å²) in [5, 5.41) is 0.937. The summed E-state index contributed by atoms with van der Waals surface area (Å²) >= 11 is 11.4. The van der Waals surface area contributed by atoms with Gasteiger partial charge in [-0.1, -0.05) is 23.2 Å². The molecule has 1 aromatic rings. The summed E-state index contributed by atoms with van der Waals surface area (Å²) in [6.07, 6.45) is 1.71. The molecule has 0 amide bonds. The Bertz CT molecular complexity index is 231. The van der Waals surface area contributed by atoms with Crippen LogP contribution in [0.1, 0.15) is 11.1 Å². The van der Waals surface area contributed by atoms with Crippen molar-refractivity contribution in [2.24, 2.45) is 0 Å². The number of hydrogen-bond donors (Lipinski definition) is 0. The fourth-order valence-electron chi connectivity index (χ4n) is 0.635. The van der Waals surface area contributed by atoms with E-state index in [1.54, 1.807) is 6.20 Å². The van der Waals surface area contributed by atoms with Crippen molar-refractivity contribution in [3.63, 3.8) is 0 Å². The van der Waals surface area contributed by atoms with Crippen molar-refractivity contribution in [3.05, 3.63) is 27.5 Å². The molecule has 0 spiro atoms. The second-order valence-corrected chi connectivity index (χ2v) is 2.91. The Morgan fingerprint density at radius 3 is 2.40 bits per heavy atom. The third kappa shape index (κ3) is 1.25. The van der Waals surface area contributed by atoms with Crippen molar-refractivity contribution in [2.75, 3.05) is 0 Å². The number of pyridine rings is 1. The molecule has 0 saturated heterocycles. The molecule has 54 valence electrons. The minimum atomic E-state index is 0.379. The van der Waals surface area contributed by atoms with Gasteiger partial charge in [0.2, 0.25) is 0 Å². The standard InChI is InChI=1S/C7H7Cl2N/c1-4-3-10-7(9)6(8)5(4)2/h3H,1-2H3. The fourth-order valence-corrected chi connectivity index (χ4v) is 1.02. The van der Waals surface area contributed by atoms with Gasteiger partial charge in [0.05, 0.1) is 5.02 Å². The fraction of sp³-hybridized carbons (Fsp3) is 0.286. The van der Waals surface area contributed by atoms with Gasteiger partial charge in [0.1, 0.15) is 5.15 Å². The molecule has 0 aliphatic rings. The third-order valence-corrected chi connectivity index (χ3v) is 2.32. The highest BCUT2D eigenvalue weighted by Crippen LogP contribution is 2.24. The topological polar surface area (TPSA) is 12.9 Å². The Morgan fingerprint density at radius 1 is 1.30 bits per heavy atom. The number of rotatable bonds is 0. The zero-order chi connectivity index (χ0) is 7.72. The smallest absolute Gasteiger partial charge is 0.147 e. The average molecular weight is 176 g/mol. The molecule has 0 fully saturated rings. The molecule has 0 bridgehead atoms. The molecule has 1 nitrogen and oxygen atoms in total. The van der Waals surface area contributed by atoms with Crippen LogP contribution in [0.4, 0.5) is 0 Å². The van der Waals surface area contributed by atoms with Gasteiger partial charge in [-0.25, -0.2) is 4.98 Å². The Morgan fingerprint density at radius 2 is 1.90 bits per heavy atom. The Hall–Kier alpha value is -0.270. The van der Waals surface area contributed by atoms with Crippen LogP contribution in [-0.4, -0.2) is 4.98 Å². The van der Waals surface area contributed by atoms with Gasteiger partial charge >= 0.3 is 0 Å². The number of nitrogens with zero attached hydrogens (tertiary/aromatic N) is 1. The maximum atomic E-state index is 5.79. The first kappa shape index (κ1) is 7.83. The number of halogens is 2. The van der Waals surface area contributed by atoms with Crippen LogP contribution in [-0.2, 0) is 0 Å². The molecule has 1 rings (SSSR count). The highest BCUT2D eigenvalue weighted by molar-refractivity contribution is 6.41. The lowest BCUT2D eigenvalue weighted by molar-refractivity contribution is 1.22. The lowest BCUT2D eigenvalue weighted by atomic mass is 10.2. The summed E-state index contributed by atoms with van der Waals surface area (Å²) in [6, 6.07) is 0. The molecule has 0 aromatic carbocycles. The number of aryl methyl sites for hydroxylation is 1. The summed E-state index contributed by atoms with van der Waals surface area (Å²) in [6.45, 7) is 3.87. The van der Waals surface area contributed by atoms with Crippen LogP contribution in [0, 0.1) is 13.8 Å². The van der Waals surface area contributed by atoms with Crippen molar-refractivity contribution in [1.82, 2.24) is 4.98 Å². The molecule has 0 atom stereocenters. The molecule has 0 saturated carbocycles. The van der Waals surface area contributed by atoms with E-state index in [9.17, 15) is 0 Å². The first-order valence-corrected chi connectivity index (χ1v) is 3.65. The van der Waals surface area contributed by atoms with Gasteiger partial charge in [-0.2, -0.15) is 0 Å². The molecule has 1 heterocycles. The number of aromatic nitrogens is 1. The minimum Gasteiger partial charge on any atom is -0.243 e. The van der Waals surface area contributed by atoms with Crippen molar-refractivity contribution in [3.8, 4) is 0 Å². The predicted molar refractivity (Wildman–Crippen MR) is 43.7 cm³/mol. The highest BCUT2D eigenvalue weighted by atomic mass is 35.5. The molecule has 0 aliphatic heterocycles. The molecule has 10 heavy (non-hydrogen) atoms. The van der Waals surface area contributed by atoms with Gasteiger partial charge in [0.15, 0.2) is 0 Å². The molecule has 0 unspecified atom stereocenters. The molecular formula is C7H7Cl2N. The Labute approximate surface area is 70.0 Å². The van der Waals surface area contributed by atoms with Gasteiger partial charge in [-0.3, -0.25) is 0 Å². The zero-order valence-corrected chi connectivity index (χ0v) is 7.29. The quantitative estimate of drug-likeness (QED) is 0.553. The van der Waals surface area contributed by atoms with Gasteiger partial charge in [-0.15, -0.1) is 0 Å².